The van der Waals surface area contributed by atoms with Crippen LogP contribution in [0.5, 0.6) is 5.75 Å². The van der Waals surface area contributed by atoms with Crippen LogP contribution in [0.1, 0.15) is 36.3 Å². The molecule has 2 aromatic rings. The van der Waals surface area contributed by atoms with Gasteiger partial charge in [-0.05, 0) is 44.9 Å². The topological polar surface area (TPSA) is 84.7 Å². The molecule has 8 heteroatoms. The number of aryl methyl sites for hydroxylation is 2. The van der Waals surface area contributed by atoms with Gasteiger partial charge in [-0.25, -0.2) is 8.42 Å². The van der Waals surface area contributed by atoms with Crippen LogP contribution in [0.4, 0.5) is 5.69 Å². The van der Waals surface area contributed by atoms with Gasteiger partial charge in [-0.3, -0.25) is 0 Å². The van der Waals surface area contributed by atoms with Gasteiger partial charge < -0.3 is 14.6 Å². The van der Waals surface area contributed by atoms with Crippen LogP contribution in [0.15, 0.2) is 27.6 Å². The molecule has 0 radical (unpaired) electrons. The van der Waals surface area contributed by atoms with E-state index in [1.54, 1.807) is 29.6 Å². The first-order chi connectivity index (χ1) is 12.4. The number of methoxy groups -OCH3 is 1. The van der Waals surface area contributed by atoms with Gasteiger partial charge in [-0.1, -0.05) is 11.6 Å². The zero-order valence-corrected chi connectivity index (χ0v) is 16.2. The van der Waals surface area contributed by atoms with Gasteiger partial charge in [0.15, 0.2) is 0 Å². The Morgan fingerprint density at radius 1 is 1.23 bits per heavy atom. The summed E-state index contributed by atoms with van der Waals surface area (Å²) in [5.41, 5.74) is 2.40. The lowest BCUT2D eigenvalue weighted by Crippen LogP contribution is -2.35. The molecule has 1 N–H and O–H groups in total. The highest BCUT2D eigenvalue weighted by Crippen LogP contribution is 2.30. The molecule has 0 bridgehead atoms. The molecular formula is C18H25N3O4S. The Bertz CT molecular complexity index is 851. The largest absolute Gasteiger partial charge is 0.495 e. The van der Waals surface area contributed by atoms with Gasteiger partial charge in [0.25, 0.3) is 0 Å². The van der Waals surface area contributed by atoms with E-state index in [1.807, 2.05) is 13.8 Å². The van der Waals surface area contributed by atoms with Crippen LogP contribution in [0.3, 0.4) is 0 Å². The first-order valence-electron chi connectivity index (χ1n) is 8.77. The van der Waals surface area contributed by atoms with Crippen LogP contribution in [-0.2, 0) is 16.6 Å². The van der Waals surface area contributed by atoms with Gasteiger partial charge >= 0.3 is 0 Å². The number of anilines is 1. The van der Waals surface area contributed by atoms with Crippen LogP contribution in [0, 0.1) is 13.8 Å². The Kier molecular flexibility index (Phi) is 5.52. The molecule has 0 unspecified atom stereocenters. The summed E-state index contributed by atoms with van der Waals surface area (Å²) in [7, 11) is -1.93. The lowest BCUT2D eigenvalue weighted by molar-refractivity contribution is 0.346. The summed E-state index contributed by atoms with van der Waals surface area (Å²) in [5, 5.41) is 7.20. The zero-order valence-electron chi connectivity index (χ0n) is 15.4. The Labute approximate surface area is 154 Å². The quantitative estimate of drug-likeness (QED) is 0.830. The Morgan fingerprint density at radius 3 is 2.58 bits per heavy atom. The normalized spacial score (nSPS) is 15.8. The molecule has 142 valence electrons. The molecule has 0 aliphatic carbocycles. The van der Waals surface area contributed by atoms with Gasteiger partial charge in [0, 0.05) is 25.2 Å². The third-order valence-electron chi connectivity index (χ3n) is 4.76. The molecule has 1 aliphatic heterocycles. The van der Waals surface area contributed by atoms with E-state index in [9.17, 15) is 8.42 Å². The number of sulfonamides is 1. The molecule has 1 fully saturated rings. The lowest BCUT2D eigenvalue weighted by Gasteiger charge is -2.26. The number of hydrogen-bond donors (Lipinski definition) is 1. The molecule has 0 atom stereocenters. The monoisotopic (exact) mass is 379 g/mol. The minimum Gasteiger partial charge on any atom is -0.495 e. The second kappa shape index (κ2) is 7.67. The fraction of sp³-hybridized carbons (Fsp3) is 0.500. The maximum atomic E-state index is 12.9. The van der Waals surface area contributed by atoms with Crippen molar-refractivity contribution in [3.8, 4) is 5.75 Å². The molecule has 3 rings (SSSR count). The lowest BCUT2D eigenvalue weighted by atomic mass is 10.2. The molecule has 1 aliphatic rings. The number of aromatic nitrogens is 1. The molecule has 1 aromatic heterocycles. The third kappa shape index (κ3) is 3.71. The second-order valence-corrected chi connectivity index (χ2v) is 8.42. The van der Waals surface area contributed by atoms with Gasteiger partial charge in [0.05, 0.1) is 23.4 Å². The standard InChI is InChI=1S/C18H25N3O4S/c1-13-16(14(2)25-20-13)12-19-17-11-15(7-8-18(17)24-3)26(22,23)21-9-5-4-6-10-21/h7-8,11,19H,4-6,9-10,12H2,1-3H3. The molecule has 0 saturated carbocycles. The number of benzene rings is 1. The molecular weight excluding hydrogens is 354 g/mol. The SMILES string of the molecule is COc1ccc(S(=O)(=O)N2CCCCC2)cc1NCc1c(C)noc1C. The zero-order chi connectivity index (χ0) is 18.7. The fourth-order valence-electron chi connectivity index (χ4n) is 3.18. The molecule has 2 heterocycles. The van der Waals surface area contributed by atoms with E-state index in [0.29, 0.717) is 31.1 Å². The molecule has 1 saturated heterocycles. The molecule has 0 amide bonds. The minimum atomic E-state index is -3.49. The highest BCUT2D eigenvalue weighted by atomic mass is 32.2. The number of nitrogens with zero attached hydrogens (tertiary/aromatic N) is 2. The van der Waals surface area contributed by atoms with Gasteiger partial charge in [-0.15, -0.1) is 0 Å². The van der Waals surface area contributed by atoms with Crippen molar-refractivity contribution in [3.63, 3.8) is 0 Å². The highest BCUT2D eigenvalue weighted by molar-refractivity contribution is 7.89. The number of hydrogen-bond acceptors (Lipinski definition) is 6. The average Bonchev–Trinajstić information content (AvgIpc) is 2.98. The molecule has 0 spiro atoms. The number of rotatable bonds is 6. The smallest absolute Gasteiger partial charge is 0.243 e. The second-order valence-electron chi connectivity index (χ2n) is 6.48. The summed E-state index contributed by atoms with van der Waals surface area (Å²) in [5.74, 6) is 1.33. The third-order valence-corrected chi connectivity index (χ3v) is 6.66. The highest BCUT2D eigenvalue weighted by Gasteiger charge is 2.26. The van der Waals surface area contributed by atoms with E-state index in [2.05, 4.69) is 10.5 Å². The molecule has 7 nitrogen and oxygen atoms in total. The van der Waals surface area contributed by atoms with Crippen molar-refractivity contribution in [1.29, 1.82) is 0 Å². The summed E-state index contributed by atoms with van der Waals surface area (Å²) in [6.07, 6.45) is 2.90. The Balaban J connectivity index is 1.86. The van der Waals surface area contributed by atoms with Crippen LogP contribution >= 0.6 is 0 Å². The Morgan fingerprint density at radius 2 is 1.96 bits per heavy atom. The van der Waals surface area contributed by atoms with Crippen molar-refractivity contribution in [2.75, 3.05) is 25.5 Å². The predicted molar refractivity (Wildman–Crippen MR) is 98.9 cm³/mol. The first-order valence-corrected chi connectivity index (χ1v) is 10.2. The van der Waals surface area contributed by atoms with Gasteiger partial charge in [-0.2, -0.15) is 4.31 Å². The van der Waals surface area contributed by atoms with E-state index in [-0.39, 0.29) is 4.90 Å². The van der Waals surface area contributed by atoms with Crippen molar-refractivity contribution >= 4 is 15.7 Å². The van der Waals surface area contributed by atoms with Crippen LogP contribution in [-0.4, -0.2) is 38.1 Å². The number of ether oxygens (including phenoxy) is 1. The van der Waals surface area contributed by atoms with Crippen molar-refractivity contribution in [3.05, 3.63) is 35.2 Å². The maximum Gasteiger partial charge on any atom is 0.243 e. The maximum absolute atomic E-state index is 12.9. The van der Waals surface area contributed by atoms with E-state index < -0.39 is 10.0 Å². The summed E-state index contributed by atoms with van der Waals surface area (Å²) >= 11 is 0. The summed E-state index contributed by atoms with van der Waals surface area (Å²) in [6, 6.07) is 4.93. The Hall–Kier alpha value is -2.06. The first kappa shape index (κ1) is 18.7. The van der Waals surface area contributed by atoms with Gasteiger partial charge in [0.1, 0.15) is 11.5 Å². The van der Waals surface area contributed by atoms with E-state index in [4.69, 9.17) is 9.26 Å². The summed E-state index contributed by atoms with van der Waals surface area (Å²) in [6.45, 7) is 5.37. The molecule has 1 aromatic carbocycles. The van der Waals surface area contributed by atoms with Crippen molar-refractivity contribution < 1.29 is 17.7 Å². The summed E-state index contributed by atoms with van der Waals surface area (Å²) < 4.78 is 37.9. The minimum absolute atomic E-state index is 0.279. The number of nitrogens with one attached hydrogen (secondary N) is 1. The van der Waals surface area contributed by atoms with Crippen LogP contribution < -0.4 is 10.1 Å². The fourth-order valence-corrected chi connectivity index (χ4v) is 4.72. The summed E-state index contributed by atoms with van der Waals surface area (Å²) in [4.78, 5) is 0.279. The molecule has 26 heavy (non-hydrogen) atoms. The average molecular weight is 379 g/mol. The van der Waals surface area contributed by atoms with E-state index >= 15 is 0 Å². The van der Waals surface area contributed by atoms with E-state index in [0.717, 1.165) is 36.3 Å². The van der Waals surface area contributed by atoms with Crippen molar-refractivity contribution in [2.45, 2.75) is 44.6 Å². The van der Waals surface area contributed by atoms with Crippen molar-refractivity contribution in [1.82, 2.24) is 9.46 Å². The van der Waals surface area contributed by atoms with Crippen LogP contribution in [0.2, 0.25) is 0 Å². The van der Waals surface area contributed by atoms with E-state index in [1.165, 1.54) is 0 Å². The van der Waals surface area contributed by atoms with Crippen molar-refractivity contribution in [2.24, 2.45) is 0 Å². The van der Waals surface area contributed by atoms with Crippen LogP contribution in [0.25, 0.3) is 0 Å². The predicted octanol–water partition coefficient (Wildman–Crippen LogP) is 3.09. The van der Waals surface area contributed by atoms with Gasteiger partial charge in [0.2, 0.25) is 10.0 Å². The number of piperidine rings is 1.